The van der Waals surface area contributed by atoms with E-state index in [9.17, 15) is 0 Å². The molecule has 0 aliphatic carbocycles. The Labute approximate surface area is 139 Å². The summed E-state index contributed by atoms with van der Waals surface area (Å²) >= 11 is 0. The van der Waals surface area contributed by atoms with E-state index in [0.717, 1.165) is 37.8 Å². The molecule has 0 aliphatic rings. The van der Waals surface area contributed by atoms with Crippen LogP contribution < -0.4 is 0 Å². The predicted molar refractivity (Wildman–Crippen MR) is 103 cm³/mol. The van der Waals surface area contributed by atoms with E-state index in [2.05, 4.69) is 51.5 Å². The number of hydrogen-bond acceptors (Lipinski definition) is 2. The standard InChI is InChI=1S/C20H40N2/c1-17(2)15-19(5)21-13-11-9-7-8-10-12-14-22-20(6)16-18(3)4/h17-18H,7-16H2,1-6H3/b21-19-,22-20-. The second kappa shape index (κ2) is 14.0. The van der Waals surface area contributed by atoms with Crippen LogP contribution in [0.1, 0.15) is 92.9 Å². The van der Waals surface area contributed by atoms with Crippen LogP contribution in [0.25, 0.3) is 0 Å². The van der Waals surface area contributed by atoms with E-state index in [4.69, 9.17) is 0 Å². The molecule has 0 unspecified atom stereocenters. The number of rotatable bonds is 13. The zero-order valence-corrected chi connectivity index (χ0v) is 16.1. The minimum atomic E-state index is 0.732. The van der Waals surface area contributed by atoms with Gasteiger partial charge in [0.25, 0.3) is 0 Å². The average Bonchev–Trinajstić information content (AvgIpc) is 2.39. The van der Waals surface area contributed by atoms with E-state index in [1.165, 1.54) is 49.9 Å². The van der Waals surface area contributed by atoms with Gasteiger partial charge in [0.05, 0.1) is 0 Å². The van der Waals surface area contributed by atoms with Crippen LogP contribution in [0.3, 0.4) is 0 Å². The second-order valence-corrected chi connectivity index (χ2v) is 7.55. The van der Waals surface area contributed by atoms with Gasteiger partial charge in [-0.1, -0.05) is 53.4 Å². The fourth-order valence-electron chi connectivity index (χ4n) is 2.78. The summed E-state index contributed by atoms with van der Waals surface area (Å²) in [6.07, 6.45) is 10.2. The van der Waals surface area contributed by atoms with Crippen LogP contribution in [0.5, 0.6) is 0 Å². The largest absolute Gasteiger partial charge is 0.294 e. The molecule has 0 aromatic rings. The number of aliphatic imine (C=N–C) groups is 2. The maximum absolute atomic E-state index is 4.65. The van der Waals surface area contributed by atoms with Crippen LogP contribution in [0.4, 0.5) is 0 Å². The van der Waals surface area contributed by atoms with Crippen molar-refractivity contribution in [1.82, 2.24) is 0 Å². The molecule has 0 rings (SSSR count). The van der Waals surface area contributed by atoms with Crippen LogP contribution >= 0.6 is 0 Å². The quantitative estimate of drug-likeness (QED) is 0.280. The lowest BCUT2D eigenvalue weighted by atomic mass is 10.1. The maximum atomic E-state index is 4.65. The normalized spacial score (nSPS) is 13.5. The third-order valence-electron chi connectivity index (χ3n) is 3.74. The average molecular weight is 309 g/mol. The predicted octanol–water partition coefficient (Wildman–Crippen LogP) is 6.34. The van der Waals surface area contributed by atoms with Crippen molar-refractivity contribution in [2.24, 2.45) is 21.8 Å². The molecule has 0 atom stereocenters. The molecule has 0 saturated carbocycles. The zero-order chi connectivity index (χ0) is 16.8. The molecule has 130 valence electrons. The molecule has 0 radical (unpaired) electrons. The molecule has 0 saturated heterocycles. The zero-order valence-electron chi connectivity index (χ0n) is 16.1. The highest BCUT2D eigenvalue weighted by Crippen LogP contribution is 2.07. The molecule has 22 heavy (non-hydrogen) atoms. The van der Waals surface area contributed by atoms with Gasteiger partial charge in [-0.05, 0) is 51.4 Å². The van der Waals surface area contributed by atoms with Crippen molar-refractivity contribution >= 4 is 11.4 Å². The Balaban J connectivity index is 3.41. The Morgan fingerprint density at radius 1 is 0.591 bits per heavy atom. The third kappa shape index (κ3) is 15.7. The second-order valence-electron chi connectivity index (χ2n) is 7.55. The molecule has 0 bridgehead atoms. The van der Waals surface area contributed by atoms with Crippen molar-refractivity contribution < 1.29 is 0 Å². The summed E-state index contributed by atoms with van der Waals surface area (Å²) < 4.78 is 0. The van der Waals surface area contributed by atoms with Gasteiger partial charge in [0, 0.05) is 24.5 Å². The number of unbranched alkanes of at least 4 members (excludes halogenated alkanes) is 5. The van der Waals surface area contributed by atoms with Crippen molar-refractivity contribution in [2.45, 2.75) is 92.9 Å². The Hall–Kier alpha value is -0.660. The van der Waals surface area contributed by atoms with Crippen molar-refractivity contribution in [3.63, 3.8) is 0 Å². The van der Waals surface area contributed by atoms with Crippen LogP contribution in [0.2, 0.25) is 0 Å². The monoisotopic (exact) mass is 308 g/mol. The van der Waals surface area contributed by atoms with E-state index in [1.807, 2.05) is 0 Å². The third-order valence-corrected chi connectivity index (χ3v) is 3.74. The molecule has 0 aliphatic heterocycles. The molecule has 0 fully saturated rings. The molecular formula is C20H40N2. The van der Waals surface area contributed by atoms with Gasteiger partial charge in [0.2, 0.25) is 0 Å². The molecule has 2 heteroatoms. The van der Waals surface area contributed by atoms with Gasteiger partial charge in [-0.25, -0.2) is 0 Å². The fraction of sp³-hybridized carbons (Fsp3) is 0.900. The Morgan fingerprint density at radius 3 is 1.23 bits per heavy atom. The van der Waals surface area contributed by atoms with Gasteiger partial charge in [-0.3, -0.25) is 9.98 Å². The van der Waals surface area contributed by atoms with Gasteiger partial charge in [-0.2, -0.15) is 0 Å². The van der Waals surface area contributed by atoms with E-state index in [1.54, 1.807) is 0 Å². The lowest BCUT2D eigenvalue weighted by molar-refractivity contribution is 0.600. The van der Waals surface area contributed by atoms with E-state index < -0.39 is 0 Å². The van der Waals surface area contributed by atoms with Gasteiger partial charge in [-0.15, -0.1) is 0 Å². The van der Waals surface area contributed by atoms with Crippen molar-refractivity contribution in [1.29, 1.82) is 0 Å². The first-order chi connectivity index (χ1) is 10.4. The summed E-state index contributed by atoms with van der Waals surface area (Å²) in [7, 11) is 0. The van der Waals surface area contributed by atoms with E-state index in [0.29, 0.717) is 0 Å². The lowest BCUT2D eigenvalue weighted by Crippen LogP contribution is -1.99. The molecule has 0 amide bonds. The molecule has 0 spiro atoms. The smallest absolute Gasteiger partial charge is 0.0388 e. The number of nitrogens with zero attached hydrogens (tertiary/aromatic N) is 2. The van der Waals surface area contributed by atoms with Crippen LogP contribution in [0.15, 0.2) is 9.98 Å². The molecular weight excluding hydrogens is 268 g/mol. The minimum Gasteiger partial charge on any atom is -0.294 e. The minimum absolute atomic E-state index is 0.732. The summed E-state index contributed by atoms with van der Waals surface area (Å²) in [5, 5.41) is 0. The lowest BCUT2D eigenvalue weighted by Gasteiger charge is -2.05. The summed E-state index contributed by atoms with van der Waals surface area (Å²) in [4.78, 5) is 9.31. The first-order valence-electron chi connectivity index (χ1n) is 9.41. The fourth-order valence-corrected chi connectivity index (χ4v) is 2.78. The summed E-state index contributed by atoms with van der Waals surface area (Å²) in [6.45, 7) is 15.4. The van der Waals surface area contributed by atoms with Gasteiger partial charge in [0.1, 0.15) is 0 Å². The van der Waals surface area contributed by atoms with Crippen LogP contribution in [-0.2, 0) is 0 Å². The Bertz CT molecular complexity index is 282. The van der Waals surface area contributed by atoms with E-state index in [-0.39, 0.29) is 0 Å². The Morgan fingerprint density at radius 2 is 0.909 bits per heavy atom. The highest BCUT2D eigenvalue weighted by molar-refractivity contribution is 5.82. The highest BCUT2D eigenvalue weighted by Gasteiger charge is 1.98. The topological polar surface area (TPSA) is 24.7 Å². The SMILES string of the molecule is C/C(CC(C)C)=N/CCCCCCCC/N=C(/C)CC(C)C. The van der Waals surface area contributed by atoms with Gasteiger partial charge >= 0.3 is 0 Å². The highest BCUT2D eigenvalue weighted by atomic mass is 14.7. The van der Waals surface area contributed by atoms with Crippen LogP contribution in [0, 0.1) is 11.8 Å². The van der Waals surface area contributed by atoms with Crippen molar-refractivity contribution in [3.8, 4) is 0 Å². The first kappa shape index (κ1) is 21.3. The summed E-state index contributed by atoms with van der Waals surface area (Å²) in [5.74, 6) is 1.46. The molecule has 0 N–H and O–H groups in total. The van der Waals surface area contributed by atoms with Crippen molar-refractivity contribution in [2.75, 3.05) is 13.1 Å². The summed E-state index contributed by atoms with van der Waals surface area (Å²) in [6, 6.07) is 0. The maximum Gasteiger partial charge on any atom is 0.0388 e. The van der Waals surface area contributed by atoms with Gasteiger partial charge < -0.3 is 0 Å². The van der Waals surface area contributed by atoms with Crippen LogP contribution in [-0.4, -0.2) is 24.5 Å². The molecule has 0 heterocycles. The molecule has 0 aromatic carbocycles. The van der Waals surface area contributed by atoms with Crippen molar-refractivity contribution in [3.05, 3.63) is 0 Å². The number of hydrogen-bond donors (Lipinski definition) is 0. The van der Waals surface area contributed by atoms with Gasteiger partial charge in [0.15, 0.2) is 0 Å². The summed E-state index contributed by atoms with van der Waals surface area (Å²) in [5.41, 5.74) is 2.65. The molecule has 0 aromatic heterocycles. The Kier molecular flexibility index (Phi) is 13.5. The first-order valence-corrected chi connectivity index (χ1v) is 9.41. The molecule has 2 nitrogen and oxygen atoms in total. The van der Waals surface area contributed by atoms with E-state index >= 15 is 0 Å².